The highest BCUT2D eigenvalue weighted by Crippen LogP contribution is 2.09. The Balaban J connectivity index is 2.51. The van der Waals surface area contributed by atoms with Gasteiger partial charge in [0, 0.05) is 12.3 Å². The third-order valence-electron chi connectivity index (χ3n) is 1.46. The van der Waals surface area contributed by atoms with Gasteiger partial charge in [0.1, 0.15) is 6.61 Å². The largest absolute Gasteiger partial charge is 0.475 e. The first-order valence-electron chi connectivity index (χ1n) is 4.25. The highest BCUT2D eigenvalue weighted by Gasteiger charge is 2.13. The summed E-state index contributed by atoms with van der Waals surface area (Å²) >= 11 is 0. The number of aliphatic hydroxyl groups is 1. The predicted octanol–water partition coefficient (Wildman–Crippen LogP) is 1.54. The lowest BCUT2D eigenvalue weighted by Crippen LogP contribution is -2.28. The van der Waals surface area contributed by atoms with Crippen LogP contribution in [-0.2, 0) is 0 Å². The fraction of sp³-hybridized carbons (Fsp3) is 0.500. The second-order valence-electron chi connectivity index (χ2n) is 3.77. The van der Waals surface area contributed by atoms with Crippen LogP contribution in [0.2, 0.25) is 0 Å². The Morgan fingerprint density at radius 3 is 2.62 bits per heavy atom. The van der Waals surface area contributed by atoms with Crippen molar-refractivity contribution in [3.05, 3.63) is 23.9 Å². The Bertz CT molecular complexity index is 261. The lowest BCUT2D eigenvalue weighted by atomic mass is 10.2. The number of pyridine rings is 1. The van der Waals surface area contributed by atoms with Crippen LogP contribution in [0.1, 0.15) is 19.4 Å². The smallest absolute Gasteiger partial charge is 0.213 e. The van der Waals surface area contributed by atoms with E-state index in [0.29, 0.717) is 5.88 Å². The van der Waals surface area contributed by atoms with Crippen molar-refractivity contribution in [2.75, 3.05) is 6.61 Å². The van der Waals surface area contributed by atoms with Gasteiger partial charge in [-0.2, -0.15) is 0 Å². The van der Waals surface area contributed by atoms with E-state index in [9.17, 15) is 5.11 Å². The minimum absolute atomic E-state index is 0.253. The summed E-state index contributed by atoms with van der Waals surface area (Å²) in [6.45, 7) is 5.61. The molecule has 0 spiro atoms. The van der Waals surface area contributed by atoms with E-state index in [2.05, 4.69) is 4.98 Å². The molecule has 1 aromatic rings. The van der Waals surface area contributed by atoms with Crippen LogP contribution in [0.25, 0.3) is 0 Å². The minimum atomic E-state index is -0.813. The van der Waals surface area contributed by atoms with E-state index >= 15 is 0 Å². The van der Waals surface area contributed by atoms with E-state index in [1.165, 1.54) is 0 Å². The number of nitrogens with zero attached hydrogens (tertiary/aromatic N) is 1. The predicted molar refractivity (Wildman–Crippen MR) is 50.8 cm³/mol. The number of rotatable bonds is 3. The van der Waals surface area contributed by atoms with Crippen LogP contribution < -0.4 is 4.74 Å². The van der Waals surface area contributed by atoms with Gasteiger partial charge in [0.05, 0.1) is 5.60 Å². The lowest BCUT2D eigenvalue weighted by molar-refractivity contribution is 0.0268. The van der Waals surface area contributed by atoms with Crippen molar-refractivity contribution in [1.82, 2.24) is 4.98 Å². The van der Waals surface area contributed by atoms with Gasteiger partial charge < -0.3 is 9.84 Å². The Hall–Kier alpha value is -1.09. The third kappa shape index (κ3) is 3.90. The maximum atomic E-state index is 9.38. The van der Waals surface area contributed by atoms with Gasteiger partial charge in [0.25, 0.3) is 0 Å². The van der Waals surface area contributed by atoms with Crippen molar-refractivity contribution in [2.45, 2.75) is 26.4 Å². The SMILES string of the molecule is Cc1ccc(OCC(C)(C)O)nc1. The molecule has 1 N–H and O–H groups in total. The minimum Gasteiger partial charge on any atom is -0.475 e. The molecule has 0 atom stereocenters. The van der Waals surface area contributed by atoms with E-state index in [4.69, 9.17) is 4.74 Å². The molecule has 13 heavy (non-hydrogen) atoms. The van der Waals surface area contributed by atoms with Gasteiger partial charge in [-0.05, 0) is 26.3 Å². The van der Waals surface area contributed by atoms with Gasteiger partial charge in [-0.25, -0.2) is 4.98 Å². The Morgan fingerprint density at radius 2 is 2.15 bits per heavy atom. The van der Waals surface area contributed by atoms with Crippen molar-refractivity contribution >= 4 is 0 Å². The quantitative estimate of drug-likeness (QED) is 0.769. The van der Waals surface area contributed by atoms with Gasteiger partial charge >= 0.3 is 0 Å². The summed E-state index contributed by atoms with van der Waals surface area (Å²) in [7, 11) is 0. The first-order chi connectivity index (χ1) is 5.97. The van der Waals surface area contributed by atoms with Gasteiger partial charge in [-0.15, -0.1) is 0 Å². The summed E-state index contributed by atoms with van der Waals surface area (Å²) in [6.07, 6.45) is 1.74. The zero-order chi connectivity index (χ0) is 9.90. The van der Waals surface area contributed by atoms with Crippen molar-refractivity contribution in [2.24, 2.45) is 0 Å². The van der Waals surface area contributed by atoms with Crippen molar-refractivity contribution < 1.29 is 9.84 Å². The molecule has 0 saturated carbocycles. The number of aromatic nitrogens is 1. The Morgan fingerprint density at radius 1 is 1.46 bits per heavy atom. The molecule has 3 heteroatoms. The standard InChI is InChI=1S/C10H15NO2/c1-8-4-5-9(11-6-8)13-7-10(2,3)12/h4-6,12H,7H2,1-3H3. The zero-order valence-electron chi connectivity index (χ0n) is 8.24. The molecule has 0 aliphatic carbocycles. The first kappa shape index (κ1) is 9.99. The van der Waals surface area contributed by atoms with E-state index in [1.807, 2.05) is 13.0 Å². The molecule has 0 aliphatic heterocycles. The molecule has 72 valence electrons. The van der Waals surface area contributed by atoms with Crippen molar-refractivity contribution in [3.63, 3.8) is 0 Å². The summed E-state index contributed by atoms with van der Waals surface area (Å²) in [5.41, 5.74) is 0.280. The molecule has 0 unspecified atom stereocenters. The second-order valence-corrected chi connectivity index (χ2v) is 3.77. The van der Waals surface area contributed by atoms with E-state index in [-0.39, 0.29) is 6.61 Å². The van der Waals surface area contributed by atoms with Crippen LogP contribution in [0.4, 0.5) is 0 Å². The summed E-state index contributed by atoms with van der Waals surface area (Å²) in [4.78, 5) is 4.05. The first-order valence-corrected chi connectivity index (χ1v) is 4.25. The van der Waals surface area contributed by atoms with E-state index in [1.54, 1.807) is 26.1 Å². The van der Waals surface area contributed by atoms with E-state index in [0.717, 1.165) is 5.56 Å². The molecule has 0 aromatic carbocycles. The number of ether oxygens (including phenoxy) is 1. The molecule has 1 heterocycles. The van der Waals surface area contributed by atoms with Crippen molar-refractivity contribution in [1.29, 1.82) is 0 Å². The second kappa shape index (κ2) is 3.75. The third-order valence-corrected chi connectivity index (χ3v) is 1.46. The Labute approximate surface area is 78.4 Å². The number of aryl methyl sites for hydroxylation is 1. The molecule has 1 aromatic heterocycles. The van der Waals surface area contributed by atoms with Crippen molar-refractivity contribution in [3.8, 4) is 5.88 Å². The average Bonchev–Trinajstić information content (AvgIpc) is 2.02. The fourth-order valence-corrected chi connectivity index (χ4v) is 0.790. The molecule has 3 nitrogen and oxygen atoms in total. The summed E-state index contributed by atoms with van der Waals surface area (Å²) in [5, 5.41) is 9.38. The van der Waals surface area contributed by atoms with Crippen LogP contribution in [0.3, 0.4) is 0 Å². The van der Waals surface area contributed by atoms with Crippen LogP contribution in [0, 0.1) is 6.92 Å². The summed E-state index contributed by atoms with van der Waals surface area (Å²) < 4.78 is 5.26. The highest BCUT2D eigenvalue weighted by molar-refractivity contribution is 5.16. The zero-order valence-corrected chi connectivity index (χ0v) is 8.24. The molecule has 0 fully saturated rings. The maximum Gasteiger partial charge on any atom is 0.213 e. The number of hydrogen-bond acceptors (Lipinski definition) is 3. The van der Waals surface area contributed by atoms with Gasteiger partial charge in [-0.1, -0.05) is 6.07 Å². The highest BCUT2D eigenvalue weighted by atomic mass is 16.5. The molecule has 0 saturated heterocycles. The van der Waals surface area contributed by atoms with Crippen LogP contribution in [-0.4, -0.2) is 22.3 Å². The summed E-state index contributed by atoms with van der Waals surface area (Å²) in [5.74, 6) is 0.549. The molecule has 0 aliphatic rings. The molecule has 0 amide bonds. The summed E-state index contributed by atoms with van der Waals surface area (Å²) in [6, 6.07) is 3.72. The lowest BCUT2D eigenvalue weighted by Gasteiger charge is -2.16. The monoisotopic (exact) mass is 181 g/mol. The average molecular weight is 181 g/mol. The molecular formula is C10H15NO2. The molecule has 1 rings (SSSR count). The van der Waals surface area contributed by atoms with E-state index < -0.39 is 5.60 Å². The normalized spacial score (nSPS) is 11.4. The van der Waals surface area contributed by atoms with Gasteiger partial charge in [-0.3, -0.25) is 0 Å². The molecule has 0 bridgehead atoms. The van der Waals surface area contributed by atoms with Crippen LogP contribution in [0.15, 0.2) is 18.3 Å². The topological polar surface area (TPSA) is 42.4 Å². The Kier molecular flexibility index (Phi) is 2.88. The molecular weight excluding hydrogens is 166 g/mol. The van der Waals surface area contributed by atoms with Crippen LogP contribution >= 0.6 is 0 Å². The molecule has 0 radical (unpaired) electrons. The van der Waals surface area contributed by atoms with Crippen LogP contribution in [0.5, 0.6) is 5.88 Å². The van der Waals surface area contributed by atoms with Gasteiger partial charge in [0.2, 0.25) is 5.88 Å². The maximum absolute atomic E-state index is 9.38. The number of hydrogen-bond donors (Lipinski definition) is 1. The fourth-order valence-electron chi connectivity index (χ4n) is 0.790. The van der Waals surface area contributed by atoms with Gasteiger partial charge in [0.15, 0.2) is 0 Å².